The first-order valence-corrected chi connectivity index (χ1v) is 9.53. The lowest BCUT2D eigenvalue weighted by Gasteiger charge is -2.61. The minimum Gasteiger partial charge on any atom is -0.396 e. The van der Waals surface area contributed by atoms with Gasteiger partial charge in [-0.3, -0.25) is 0 Å². The fourth-order valence-electron chi connectivity index (χ4n) is 6.84. The summed E-state index contributed by atoms with van der Waals surface area (Å²) in [6.45, 7) is 7.16. The molecule has 2 saturated carbocycles. The van der Waals surface area contributed by atoms with Crippen LogP contribution >= 0.6 is 0 Å². The molecule has 4 rings (SSSR count). The van der Waals surface area contributed by atoms with Crippen LogP contribution in [-0.4, -0.2) is 46.8 Å². The van der Waals surface area contributed by atoms with E-state index in [9.17, 15) is 15.3 Å². The van der Waals surface area contributed by atoms with Gasteiger partial charge in [-0.1, -0.05) is 32.4 Å². The SMILES string of the molecule is CC1(CO)CC(O)CC2(C)C3CC4OCC(O)C4(C)C=C3CCC12. The fourth-order valence-corrected chi connectivity index (χ4v) is 6.84. The lowest BCUT2D eigenvalue weighted by molar-refractivity contribution is -0.139. The predicted molar refractivity (Wildman–Crippen MR) is 91.3 cm³/mol. The molecule has 3 fully saturated rings. The topological polar surface area (TPSA) is 69.9 Å². The highest BCUT2D eigenvalue weighted by molar-refractivity contribution is 5.28. The highest BCUT2D eigenvalue weighted by Crippen LogP contribution is 2.64. The van der Waals surface area contributed by atoms with E-state index in [4.69, 9.17) is 4.74 Å². The first kappa shape index (κ1) is 17.0. The second-order valence-corrected chi connectivity index (χ2v) is 9.68. The van der Waals surface area contributed by atoms with Gasteiger partial charge in [-0.2, -0.15) is 0 Å². The number of aliphatic hydroxyl groups is 3. The van der Waals surface area contributed by atoms with Crippen molar-refractivity contribution in [3.05, 3.63) is 11.6 Å². The summed E-state index contributed by atoms with van der Waals surface area (Å²) < 4.78 is 5.94. The van der Waals surface area contributed by atoms with Gasteiger partial charge < -0.3 is 20.1 Å². The zero-order valence-corrected chi connectivity index (χ0v) is 15.2. The Kier molecular flexibility index (Phi) is 3.75. The van der Waals surface area contributed by atoms with Crippen LogP contribution in [0, 0.1) is 28.1 Å². The molecule has 0 bridgehead atoms. The van der Waals surface area contributed by atoms with Gasteiger partial charge in [-0.05, 0) is 54.8 Å². The molecule has 3 aliphatic carbocycles. The van der Waals surface area contributed by atoms with Gasteiger partial charge in [0.1, 0.15) is 0 Å². The molecule has 4 aliphatic rings. The lowest BCUT2D eigenvalue weighted by atomic mass is 9.44. The second kappa shape index (κ2) is 5.29. The summed E-state index contributed by atoms with van der Waals surface area (Å²) in [5, 5.41) is 31.0. The van der Waals surface area contributed by atoms with E-state index in [1.807, 2.05) is 0 Å². The number of aliphatic hydroxyl groups excluding tert-OH is 3. The maximum atomic E-state index is 10.5. The van der Waals surface area contributed by atoms with Gasteiger partial charge in [-0.15, -0.1) is 0 Å². The normalized spacial score (nSPS) is 56.9. The molecule has 0 amide bonds. The van der Waals surface area contributed by atoms with Crippen LogP contribution in [0.3, 0.4) is 0 Å². The van der Waals surface area contributed by atoms with Crippen molar-refractivity contribution < 1.29 is 20.1 Å². The van der Waals surface area contributed by atoms with E-state index in [-0.39, 0.29) is 35.1 Å². The van der Waals surface area contributed by atoms with Crippen molar-refractivity contribution in [2.75, 3.05) is 13.2 Å². The van der Waals surface area contributed by atoms with Gasteiger partial charge in [0.15, 0.2) is 0 Å². The molecule has 0 radical (unpaired) electrons. The molecule has 1 heterocycles. The minimum atomic E-state index is -0.416. The Balaban J connectivity index is 1.74. The molecular weight excluding hydrogens is 304 g/mol. The fraction of sp³-hybridized carbons (Fsp3) is 0.900. The Labute approximate surface area is 144 Å². The third-order valence-corrected chi connectivity index (χ3v) is 8.15. The number of ether oxygens (including phenoxy) is 1. The molecule has 1 aliphatic heterocycles. The number of rotatable bonds is 1. The summed E-state index contributed by atoms with van der Waals surface area (Å²) in [5.74, 6) is 0.816. The molecular formula is C20H32O4. The Morgan fingerprint density at radius 2 is 1.96 bits per heavy atom. The van der Waals surface area contributed by atoms with Gasteiger partial charge >= 0.3 is 0 Å². The van der Waals surface area contributed by atoms with E-state index in [2.05, 4.69) is 26.8 Å². The van der Waals surface area contributed by atoms with Gasteiger partial charge in [0.25, 0.3) is 0 Å². The number of hydrogen-bond acceptors (Lipinski definition) is 4. The van der Waals surface area contributed by atoms with Crippen LogP contribution in [0.25, 0.3) is 0 Å². The van der Waals surface area contributed by atoms with Crippen LogP contribution in [0.4, 0.5) is 0 Å². The maximum absolute atomic E-state index is 10.5. The van der Waals surface area contributed by atoms with E-state index in [1.54, 1.807) is 0 Å². The van der Waals surface area contributed by atoms with Gasteiger partial charge in [0, 0.05) is 12.0 Å². The molecule has 4 nitrogen and oxygen atoms in total. The summed E-state index contributed by atoms with van der Waals surface area (Å²) in [7, 11) is 0. The van der Waals surface area contributed by atoms with Crippen LogP contribution < -0.4 is 0 Å². The van der Waals surface area contributed by atoms with E-state index in [1.165, 1.54) is 5.57 Å². The minimum absolute atomic E-state index is 0.00252. The highest BCUT2D eigenvalue weighted by atomic mass is 16.5. The number of allylic oxidation sites excluding steroid dienone is 1. The molecule has 0 aromatic rings. The highest BCUT2D eigenvalue weighted by Gasteiger charge is 2.60. The molecule has 136 valence electrons. The Bertz CT molecular complexity index is 560. The third-order valence-electron chi connectivity index (χ3n) is 8.15. The second-order valence-electron chi connectivity index (χ2n) is 9.68. The van der Waals surface area contributed by atoms with Crippen molar-refractivity contribution in [2.45, 2.75) is 71.2 Å². The summed E-state index contributed by atoms with van der Waals surface area (Å²) in [6.07, 6.45) is 6.17. The number of fused-ring (bicyclic) bond motifs is 4. The summed E-state index contributed by atoms with van der Waals surface area (Å²) >= 11 is 0. The van der Waals surface area contributed by atoms with Crippen LogP contribution in [-0.2, 0) is 4.74 Å². The van der Waals surface area contributed by atoms with Gasteiger partial charge in [0.05, 0.1) is 24.9 Å². The summed E-state index contributed by atoms with van der Waals surface area (Å²) in [5.41, 5.74) is 0.987. The molecule has 0 aromatic carbocycles. The summed E-state index contributed by atoms with van der Waals surface area (Å²) in [6, 6.07) is 0. The molecule has 0 spiro atoms. The van der Waals surface area contributed by atoms with Crippen molar-refractivity contribution in [2.24, 2.45) is 28.1 Å². The Morgan fingerprint density at radius 3 is 2.67 bits per heavy atom. The first-order chi connectivity index (χ1) is 11.2. The Morgan fingerprint density at radius 1 is 1.21 bits per heavy atom. The zero-order chi connectivity index (χ0) is 17.3. The molecule has 8 atom stereocenters. The third kappa shape index (κ3) is 2.13. The average Bonchev–Trinajstić information content (AvgIpc) is 2.79. The van der Waals surface area contributed by atoms with Crippen molar-refractivity contribution >= 4 is 0 Å². The van der Waals surface area contributed by atoms with Crippen molar-refractivity contribution in [1.29, 1.82) is 0 Å². The van der Waals surface area contributed by atoms with Crippen molar-refractivity contribution in [1.82, 2.24) is 0 Å². The molecule has 4 heteroatoms. The largest absolute Gasteiger partial charge is 0.396 e. The monoisotopic (exact) mass is 336 g/mol. The molecule has 8 unspecified atom stereocenters. The van der Waals surface area contributed by atoms with E-state index in [0.29, 0.717) is 24.9 Å². The summed E-state index contributed by atoms with van der Waals surface area (Å²) in [4.78, 5) is 0. The number of hydrogen-bond donors (Lipinski definition) is 3. The van der Waals surface area contributed by atoms with Crippen LogP contribution in [0.2, 0.25) is 0 Å². The van der Waals surface area contributed by atoms with Crippen LogP contribution in [0.1, 0.15) is 52.9 Å². The standard InChI is InChI=1S/C20H32O4/c1-18(11-21)8-13(22)9-19(2)14-6-17-20(3,16(23)10-24-17)7-12(14)4-5-15(18)19/h7,13-17,21-23H,4-6,8-11H2,1-3H3. The average molecular weight is 336 g/mol. The van der Waals surface area contributed by atoms with Gasteiger partial charge in [0.2, 0.25) is 0 Å². The maximum Gasteiger partial charge on any atom is 0.0886 e. The molecule has 1 saturated heterocycles. The van der Waals surface area contributed by atoms with Crippen molar-refractivity contribution in [3.8, 4) is 0 Å². The first-order valence-electron chi connectivity index (χ1n) is 9.53. The molecule has 3 N–H and O–H groups in total. The quantitative estimate of drug-likeness (QED) is 0.643. The van der Waals surface area contributed by atoms with E-state index >= 15 is 0 Å². The lowest BCUT2D eigenvalue weighted by Crippen LogP contribution is -2.57. The van der Waals surface area contributed by atoms with Crippen molar-refractivity contribution in [3.63, 3.8) is 0 Å². The molecule has 0 aromatic heterocycles. The predicted octanol–water partition coefficient (Wildman–Crippen LogP) is 2.27. The Hall–Kier alpha value is -0.420. The smallest absolute Gasteiger partial charge is 0.0886 e. The van der Waals surface area contributed by atoms with Crippen LogP contribution in [0.15, 0.2) is 11.6 Å². The molecule has 24 heavy (non-hydrogen) atoms. The van der Waals surface area contributed by atoms with Crippen LogP contribution in [0.5, 0.6) is 0 Å². The van der Waals surface area contributed by atoms with E-state index < -0.39 is 6.10 Å². The van der Waals surface area contributed by atoms with Gasteiger partial charge in [-0.25, -0.2) is 0 Å². The van der Waals surface area contributed by atoms with E-state index in [0.717, 1.165) is 25.7 Å². The zero-order valence-electron chi connectivity index (χ0n) is 15.2.